The molecule has 21 heavy (non-hydrogen) atoms. The zero-order valence-corrected chi connectivity index (χ0v) is 15.0. The average Bonchev–Trinajstić information content (AvgIpc) is 3.16. The Morgan fingerprint density at radius 1 is 1.05 bits per heavy atom. The monoisotopic (exact) mass is 326 g/mol. The largest absolute Gasteiger partial charge is 0.349 e. The third-order valence-electron chi connectivity index (χ3n) is 4.27. The van der Waals surface area contributed by atoms with E-state index in [1.807, 2.05) is 12.4 Å². The molecule has 0 aliphatic carbocycles. The van der Waals surface area contributed by atoms with E-state index in [1.54, 1.807) is 0 Å². The van der Waals surface area contributed by atoms with Crippen LogP contribution in [0.2, 0.25) is 0 Å². The molecular formula is C17H30N2S2. The molecule has 0 aromatic carbocycles. The van der Waals surface area contributed by atoms with Gasteiger partial charge in [-0.05, 0) is 12.8 Å². The molecule has 1 aromatic rings. The molecule has 0 saturated carbocycles. The van der Waals surface area contributed by atoms with Crippen molar-refractivity contribution in [3.05, 3.63) is 18.2 Å². The summed E-state index contributed by atoms with van der Waals surface area (Å²) in [5.74, 6) is 3.82. The maximum atomic E-state index is 4.37. The number of imidazole rings is 1. The lowest BCUT2D eigenvalue weighted by Gasteiger charge is -2.27. The molecule has 0 spiro atoms. The van der Waals surface area contributed by atoms with Crippen LogP contribution in [0.4, 0.5) is 0 Å². The van der Waals surface area contributed by atoms with Crippen LogP contribution in [0.1, 0.15) is 70.5 Å². The molecule has 1 aromatic heterocycles. The van der Waals surface area contributed by atoms with E-state index in [2.05, 4.69) is 40.4 Å². The number of rotatable bonds is 11. The van der Waals surface area contributed by atoms with Crippen LogP contribution in [0.25, 0.3) is 0 Å². The second kappa shape index (κ2) is 9.83. The fraction of sp³-hybridized carbons (Fsp3) is 0.824. The molecule has 0 atom stereocenters. The molecule has 0 unspecified atom stereocenters. The van der Waals surface area contributed by atoms with Crippen LogP contribution < -0.4 is 0 Å². The number of nitrogens with one attached hydrogen (secondary N) is 1. The van der Waals surface area contributed by atoms with Crippen LogP contribution in [0.15, 0.2) is 12.4 Å². The molecule has 1 saturated heterocycles. The van der Waals surface area contributed by atoms with E-state index in [9.17, 15) is 0 Å². The summed E-state index contributed by atoms with van der Waals surface area (Å²) in [5, 5.41) is 0. The summed E-state index contributed by atoms with van der Waals surface area (Å²) in [5.41, 5.74) is 0. The first kappa shape index (κ1) is 17.3. The number of thioether (sulfide) groups is 2. The first-order valence-electron chi connectivity index (χ1n) is 8.61. The first-order chi connectivity index (χ1) is 10.3. The zero-order chi connectivity index (χ0) is 14.8. The molecule has 1 aliphatic rings. The summed E-state index contributed by atoms with van der Waals surface area (Å²) in [4.78, 5) is 7.62. The molecule has 1 fully saturated rings. The summed E-state index contributed by atoms with van der Waals surface area (Å²) < 4.78 is 0.482. The van der Waals surface area contributed by atoms with Crippen molar-refractivity contribution in [2.45, 2.75) is 75.2 Å². The highest BCUT2D eigenvalue weighted by Gasteiger charge is 2.34. The Hall–Kier alpha value is -0.0900. The molecule has 4 heteroatoms. The number of hydrogen-bond donors (Lipinski definition) is 1. The fourth-order valence-electron chi connectivity index (χ4n) is 3.01. The number of aromatic amines is 1. The molecular weight excluding hydrogens is 296 g/mol. The van der Waals surface area contributed by atoms with Gasteiger partial charge in [0.05, 0.1) is 4.08 Å². The van der Waals surface area contributed by atoms with Gasteiger partial charge in [-0.3, -0.25) is 0 Å². The smallest absolute Gasteiger partial charge is 0.106 e. The third kappa shape index (κ3) is 6.27. The summed E-state index contributed by atoms with van der Waals surface area (Å²) in [7, 11) is 0. The molecule has 0 bridgehead atoms. The normalized spacial score (nSPS) is 17.4. The van der Waals surface area contributed by atoms with Crippen LogP contribution in [-0.2, 0) is 6.42 Å². The van der Waals surface area contributed by atoms with Gasteiger partial charge in [0.25, 0.3) is 0 Å². The van der Waals surface area contributed by atoms with E-state index < -0.39 is 0 Å². The Labute approximate surface area is 138 Å². The fourth-order valence-corrected chi connectivity index (χ4v) is 6.32. The van der Waals surface area contributed by atoms with Gasteiger partial charge in [-0.25, -0.2) is 4.98 Å². The molecule has 1 N–H and O–H groups in total. The Bertz CT molecular complexity index is 359. The van der Waals surface area contributed by atoms with Crippen molar-refractivity contribution >= 4 is 23.5 Å². The summed E-state index contributed by atoms with van der Waals surface area (Å²) in [6.07, 6.45) is 17.5. The SMILES string of the molecule is CCCCCCCCCC1(CCc2ncc[nH]2)SCCS1. The highest BCUT2D eigenvalue weighted by atomic mass is 32.2. The maximum absolute atomic E-state index is 4.37. The van der Waals surface area contributed by atoms with Gasteiger partial charge in [0, 0.05) is 30.3 Å². The Morgan fingerprint density at radius 2 is 1.76 bits per heavy atom. The van der Waals surface area contributed by atoms with Crippen molar-refractivity contribution < 1.29 is 0 Å². The Balaban J connectivity index is 1.64. The van der Waals surface area contributed by atoms with Crippen LogP contribution in [-0.4, -0.2) is 25.6 Å². The van der Waals surface area contributed by atoms with Gasteiger partial charge in [-0.1, -0.05) is 51.9 Å². The molecule has 2 heterocycles. The van der Waals surface area contributed by atoms with Crippen LogP contribution in [0.3, 0.4) is 0 Å². The number of hydrogen-bond acceptors (Lipinski definition) is 3. The number of H-pyrrole nitrogens is 1. The van der Waals surface area contributed by atoms with Crippen molar-refractivity contribution in [2.75, 3.05) is 11.5 Å². The zero-order valence-electron chi connectivity index (χ0n) is 13.4. The molecule has 0 radical (unpaired) electrons. The van der Waals surface area contributed by atoms with E-state index >= 15 is 0 Å². The highest BCUT2D eigenvalue weighted by molar-refractivity contribution is 8.21. The number of unbranched alkanes of at least 4 members (excludes halogenated alkanes) is 6. The molecule has 2 nitrogen and oxygen atoms in total. The minimum absolute atomic E-state index is 0.482. The Morgan fingerprint density at radius 3 is 2.43 bits per heavy atom. The minimum atomic E-state index is 0.482. The second-order valence-corrected chi connectivity index (χ2v) is 9.23. The third-order valence-corrected chi connectivity index (χ3v) is 7.92. The molecule has 2 rings (SSSR count). The van der Waals surface area contributed by atoms with Crippen molar-refractivity contribution in [3.8, 4) is 0 Å². The van der Waals surface area contributed by atoms with Crippen LogP contribution in [0.5, 0.6) is 0 Å². The van der Waals surface area contributed by atoms with Crippen molar-refractivity contribution in [2.24, 2.45) is 0 Å². The number of aromatic nitrogens is 2. The van der Waals surface area contributed by atoms with Gasteiger partial charge < -0.3 is 4.98 Å². The summed E-state index contributed by atoms with van der Waals surface area (Å²) in [6, 6.07) is 0. The van der Waals surface area contributed by atoms with Gasteiger partial charge in [-0.15, -0.1) is 23.5 Å². The predicted molar refractivity (Wildman–Crippen MR) is 97.2 cm³/mol. The quantitative estimate of drug-likeness (QED) is 0.532. The molecule has 1 aliphatic heterocycles. The Kier molecular flexibility index (Phi) is 8.08. The van der Waals surface area contributed by atoms with E-state index in [-0.39, 0.29) is 0 Å². The van der Waals surface area contributed by atoms with Gasteiger partial charge >= 0.3 is 0 Å². The van der Waals surface area contributed by atoms with Crippen LogP contribution in [0, 0.1) is 0 Å². The van der Waals surface area contributed by atoms with Gasteiger partial charge in [0.1, 0.15) is 5.82 Å². The van der Waals surface area contributed by atoms with Gasteiger partial charge in [0.2, 0.25) is 0 Å². The lowest BCUT2D eigenvalue weighted by atomic mass is 10.0. The van der Waals surface area contributed by atoms with Crippen molar-refractivity contribution in [3.63, 3.8) is 0 Å². The van der Waals surface area contributed by atoms with Gasteiger partial charge in [0.15, 0.2) is 0 Å². The average molecular weight is 327 g/mol. The first-order valence-corrected chi connectivity index (χ1v) is 10.6. The summed E-state index contributed by atoms with van der Waals surface area (Å²) in [6.45, 7) is 2.29. The predicted octanol–water partition coefficient (Wildman–Crippen LogP) is 5.66. The lowest BCUT2D eigenvalue weighted by molar-refractivity contribution is 0.548. The standard InChI is InChI=1S/C17H30N2S2/c1-2-3-4-5-6-7-8-10-17(20-14-15-21-17)11-9-16-18-12-13-19-16/h12-13H,2-11,14-15H2,1H3,(H,18,19). The summed E-state index contributed by atoms with van der Waals surface area (Å²) >= 11 is 4.41. The lowest BCUT2D eigenvalue weighted by Crippen LogP contribution is -2.18. The number of aryl methyl sites for hydroxylation is 1. The molecule has 120 valence electrons. The number of nitrogens with zero attached hydrogens (tertiary/aromatic N) is 1. The topological polar surface area (TPSA) is 28.7 Å². The van der Waals surface area contributed by atoms with E-state index in [0.717, 1.165) is 12.2 Å². The van der Waals surface area contributed by atoms with Crippen molar-refractivity contribution in [1.82, 2.24) is 9.97 Å². The highest BCUT2D eigenvalue weighted by Crippen LogP contribution is 2.50. The van der Waals surface area contributed by atoms with E-state index in [1.165, 1.54) is 69.3 Å². The van der Waals surface area contributed by atoms with E-state index in [4.69, 9.17) is 0 Å². The minimum Gasteiger partial charge on any atom is -0.349 e. The van der Waals surface area contributed by atoms with Crippen LogP contribution >= 0.6 is 23.5 Å². The maximum Gasteiger partial charge on any atom is 0.106 e. The van der Waals surface area contributed by atoms with E-state index in [0.29, 0.717) is 4.08 Å². The molecule has 0 amide bonds. The van der Waals surface area contributed by atoms with Gasteiger partial charge in [-0.2, -0.15) is 0 Å². The second-order valence-electron chi connectivity index (χ2n) is 6.01. The van der Waals surface area contributed by atoms with Crippen molar-refractivity contribution in [1.29, 1.82) is 0 Å².